The molecule has 0 aliphatic rings. The third-order valence-electron chi connectivity index (χ3n) is 3.35. The molecule has 0 aliphatic carbocycles. The van der Waals surface area contributed by atoms with Crippen molar-refractivity contribution in [2.75, 3.05) is 18.1 Å². The van der Waals surface area contributed by atoms with Crippen molar-refractivity contribution in [2.24, 2.45) is 0 Å². The molecule has 140 valence electrons. The van der Waals surface area contributed by atoms with E-state index in [4.69, 9.17) is 34.8 Å². The first-order valence-corrected chi connectivity index (χ1v) is 11.2. The van der Waals surface area contributed by atoms with Gasteiger partial charge in [-0.3, -0.25) is 4.79 Å². The number of hydrogen-bond donors (Lipinski definition) is 1. The Hall–Kier alpha value is -0.590. The molecule has 0 saturated carbocycles. The lowest BCUT2D eigenvalue weighted by Gasteiger charge is -2.07. The fourth-order valence-electron chi connectivity index (χ4n) is 2.03. The molecule has 0 radical (unpaired) electrons. The average Bonchev–Trinajstić information content (AvgIpc) is 2.58. The summed E-state index contributed by atoms with van der Waals surface area (Å²) in [5, 5.41) is 4.49. The predicted octanol–water partition coefficient (Wildman–Crippen LogP) is 6.07. The van der Waals surface area contributed by atoms with Gasteiger partial charge in [-0.2, -0.15) is 11.8 Å². The molecule has 0 spiro atoms. The maximum absolute atomic E-state index is 13.6. The van der Waals surface area contributed by atoms with Gasteiger partial charge >= 0.3 is 0 Å². The fourth-order valence-corrected chi connectivity index (χ4v) is 4.45. The highest BCUT2D eigenvalue weighted by Crippen LogP contribution is 2.24. The number of benzene rings is 2. The van der Waals surface area contributed by atoms with E-state index in [2.05, 4.69) is 5.32 Å². The number of amides is 1. The van der Waals surface area contributed by atoms with Gasteiger partial charge in [0.05, 0.1) is 5.75 Å². The Morgan fingerprint density at radius 1 is 0.962 bits per heavy atom. The lowest BCUT2D eigenvalue weighted by Crippen LogP contribution is -2.27. The molecule has 0 unspecified atom stereocenters. The van der Waals surface area contributed by atoms with Gasteiger partial charge in [0.25, 0.3) is 0 Å². The summed E-state index contributed by atoms with van der Waals surface area (Å²) >= 11 is 20.7. The normalized spacial score (nSPS) is 10.8. The Balaban J connectivity index is 1.59. The van der Waals surface area contributed by atoms with E-state index >= 15 is 0 Å². The summed E-state index contributed by atoms with van der Waals surface area (Å²) in [5.74, 6) is 1.85. The van der Waals surface area contributed by atoms with Gasteiger partial charge in [-0.25, -0.2) is 4.39 Å². The van der Waals surface area contributed by atoms with E-state index in [1.54, 1.807) is 30.0 Å². The van der Waals surface area contributed by atoms with Crippen LogP contribution in [0.25, 0.3) is 0 Å². The van der Waals surface area contributed by atoms with Crippen LogP contribution in [-0.4, -0.2) is 24.0 Å². The Labute approximate surface area is 176 Å². The second-order valence-corrected chi connectivity index (χ2v) is 8.74. The molecule has 0 aromatic heterocycles. The van der Waals surface area contributed by atoms with Crippen LogP contribution in [0.4, 0.5) is 4.39 Å². The van der Waals surface area contributed by atoms with E-state index in [0.29, 0.717) is 32.9 Å². The second kappa shape index (κ2) is 11.3. The molecule has 2 aromatic carbocycles. The molecular weight excluding hydrogens is 436 g/mol. The van der Waals surface area contributed by atoms with Crippen molar-refractivity contribution in [3.05, 3.63) is 68.4 Å². The molecule has 26 heavy (non-hydrogen) atoms. The van der Waals surface area contributed by atoms with Gasteiger partial charge in [0.15, 0.2) is 0 Å². The van der Waals surface area contributed by atoms with Crippen LogP contribution in [0, 0.1) is 5.82 Å². The van der Waals surface area contributed by atoms with Crippen LogP contribution in [0.2, 0.25) is 15.1 Å². The van der Waals surface area contributed by atoms with E-state index in [1.807, 2.05) is 12.1 Å². The monoisotopic (exact) mass is 451 g/mol. The molecule has 0 bridgehead atoms. The van der Waals surface area contributed by atoms with Crippen molar-refractivity contribution < 1.29 is 9.18 Å². The van der Waals surface area contributed by atoms with Crippen LogP contribution >= 0.6 is 58.3 Å². The number of rotatable bonds is 9. The lowest BCUT2D eigenvalue weighted by molar-refractivity contribution is -0.118. The molecule has 0 aliphatic heterocycles. The fraction of sp³-hybridized carbons (Fsp3) is 0.278. The van der Waals surface area contributed by atoms with Gasteiger partial charge in [-0.15, -0.1) is 11.8 Å². The van der Waals surface area contributed by atoms with Crippen LogP contribution in [0.15, 0.2) is 36.4 Å². The Bertz CT molecular complexity index is 761. The molecule has 2 rings (SSSR count). The minimum Gasteiger partial charge on any atom is -0.355 e. The highest BCUT2D eigenvalue weighted by Gasteiger charge is 2.06. The van der Waals surface area contributed by atoms with Gasteiger partial charge in [-0.05, 0) is 35.4 Å². The maximum Gasteiger partial charge on any atom is 0.230 e. The van der Waals surface area contributed by atoms with E-state index in [9.17, 15) is 9.18 Å². The summed E-state index contributed by atoms with van der Waals surface area (Å²) in [6, 6.07) is 10.0. The van der Waals surface area contributed by atoms with Crippen molar-refractivity contribution in [2.45, 2.75) is 11.5 Å². The number of hydrogen-bond acceptors (Lipinski definition) is 3. The average molecular weight is 453 g/mol. The highest BCUT2D eigenvalue weighted by atomic mass is 35.5. The molecular formula is C18H17Cl3FNOS2. The third kappa shape index (κ3) is 7.57. The Morgan fingerprint density at radius 2 is 1.62 bits per heavy atom. The summed E-state index contributed by atoms with van der Waals surface area (Å²) < 4.78 is 13.6. The van der Waals surface area contributed by atoms with E-state index < -0.39 is 0 Å². The van der Waals surface area contributed by atoms with Gasteiger partial charge in [0.2, 0.25) is 5.91 Å². The summed E-state index contributed by atoms with van der Waals surface area (Å²) in [5.41, 5.74) is 1.57. The van der Waals surface area contributed by atoms with Crippen LogP contribution in [-0.2, 0) is 16.3 Å². The van der Waals surface area contributed by atoms with Gasteiger partial charge in [0.1, 0.15) is 5.82 Å². The smallest absolute Gasteiger partial charge is 0.230 e. The number of nitrogens with one attached hydrogen (secondary N) is 1. The SMILES string of the molecule is O=C(CSCc1ccc(Cl)cc1F)NCCSCc1ccc(Cl)cc1Cl. The van der Waals surface area contributed by atoms with Crippen molar-refractivity contribution in [3.8, 4) is 0 Å². The van der Waals surface area contributed by atoms with Gasteiger partial charge in [0, 0.05) is 38.9 Å². The first-order chi connectivity index (χ1) is 12.5. The van der Waals surface area contributed by atoms with E-state index in [1.165, 1.54) is 17.8 Å². The zero-order valence-corrected chi connectivity index (χ0v) is 17.6. The van der Waals surface area contributed by atoms with Gasteiger partial charge in [-0.1, -0.05) is 46.9 Å². The topological polar surface area (TPSA) is 29.1 Å². The molecule has 1 amide bonds. The summed E-state index contributed by atoms with van der Waals surface area (Å²) in [4.78, 5) is 11.8. The molecule has 0 atom stereocenters. The van der Waals surface area contributed by atoms with Crippen molar-refractivity contribution in [1.29, 1.82) is 0 Å². The zero-order chi connectivity index (χ0) is 18.9. The number of carbonyl (C=O) groups excluding carboxylic acids is 1. The summed E-state index contributed by atoms with van der Waals surface area (Å²) in [7, 11) is 0. The minimum atomic E-state index is -0.345. The molecule has 2 aromatic rings. The molecule has 2 nitrogen and oxygen atoms in total. The second-order valence-electron chi connectivity index (χ2n) is 5.37. The van der Waals surface area contributed by atoms with Crippen LogP contribution in [0.1, 0.15) is 11.1 Å². The van der Waals surface area contributed by atoms with Crippen molar-refractivity contribution in [3.63, 3.8) is 0 Å². The number of thioether (sulfide) groups is 2. The minimum absolute atomic E-state index is 0.0607. The van der Waals surface area contributed by atoms with Crippen LogP contribution in [0.5, 0.6) is 0 Å². The first kappa shape index (κ1) is 21.7. The Morgan fingerprint density at radius 3 is 2.31 bits per heavy atom. The predicted molar refractivity (Wildman–Crippen MR) is 113 cm³/mol. The van der Waals surface area contributed by atoms with E-state index in [-0.39, 0.29) is 17.5 Å². The van der Waals surface area contributed by atoms with Crippen molar-refractivity contribution >= 4 is 64.2 Å². The maximum atomic E-state index is 13.6. The highest BCUT2D eigenvalue weighted by molar-refractivity contribution is 7.99. The largest absolute Gasteiger partial charge is 0.355 e. The molecule has 0 fully saturated rings. The lowest BCUT2D eigenvalue weighted by atomic mass is 10.2. The molecule has 0 saturated heterocycles. The van der Waals surface area contributed by atoms with Crippen LogP contribution < -0.4 is 5.32 Å². The van der Waals surface area contributed by atoms with E-state index in [0.717, 1.165) is 17.1 Å². The molecule has 1 N–H and O–H groups in total. The quantitative estimate of drug-likeness (QED) is 0.468. The Kier molecular flexibility index (Phi) is 9.43. The van der Waals surface area contributed by atoms with Crippen LogP contribution in [0.3, 0.4) is 0 Å². The summed E-state index contributed by atoms with van der Waals surface area (Å²) in [6.07, 6.45) is 0. The zero-order valence-electron chi connectivity index (χ0n) is 13.7. The molecule has 8 heteroatoms. The molecule has 0 heterocycles. The number of halogens is 4. The number of carbonyl (C=O) groups is 1. The third-order valence-corrected chi connectivity index (χ3v) is 6.16. The standard InChI is InChI=1S/C18H17Cl3FNOS2/c19-14-3-1-12(16(21)7-14)9-25-6-5-23-18(24)11-26-10-13-2-4-15(20)8-17(13)22/h1-4,7-8H,5-6,9-11H2,(H,23,24). The summed E-state index contributed by atoms with van der Waals surface area (Å²) in [6.45, 7) is 0.574. The van der Waals surface area contributed by atoms with Crippen molar-refractivity contribution in [1.82, 2.24) is 5.32 Å². The first-order valence-electron chi connectivity index (χ1n) is 7.76. The van der Waals surface area contributed by atoms with Gasteiger partial charge < -0.3 is 5.32 Å².